The average Bonchev–Trinajstić information content (AvgIpc) is 3.43. The van der Waals surface area contributed by atoms with Crippen molar-refractivity contribution in [2.75, 3.05) is 23.3 Å². The highest BCUT2D eigenvalue weighted by Gasteiger charge is 2.50. The van der Waals surface area contributed by atoms with Gasteiger partial charge in [0, 0.05) is 68.1 Å². The van der Waals surface area contributed by atoms with E-state index in [1.54, 1.807) is 15.5 Å². The van der Waals surface area contributed by atoms with Crippen molar-refractivity contribution in [2.45, 2.75) is 52.2 Å². The van der Waals surface area contributed by atoms with E-state index in [4.69, 9.17) is 9.97 Å². The first-order chi connectivity index (χ1) is 24.5. The Labute approximate surface area is 291 Å². The SMILES string of the molecule is CCCC1/C(=[N+](/C(=O)NCc2ccccc2)c2ccc(-c3cnn(C)c3)cn2)C1CCCNc1ncc(C#N)c(N2CCn3cncc3C2)n1. The summed E-state index contributed by atoms with van der Waals surface area (Å²) in [6.45, 7) is 5.45. The Hall–Kier alpha value is -5.90. The maximum atomic E-state index is 13.9. The number of pyridine rings is 1. The van der Waals surface area contributed by atoms with Gasteiger partial charge < -0.3 is 14.8 Å². The molecule has 2 amide bonds. The number of nitrogens with one attached hydrogen (secondary N) is 2. The van der Waals surface area contributed by atoms with Crippen LogP contribution in [0.2, 0.25) is 0 Å². The Balaban J connectivity index is 1.06. The predicted octanol–water partition coefficient (Wildman–Crippen LogP) is 5.29. The van der Waals surface area contributed by atoms with Crippen molar-refractivity contribution in [3.05, 3.63) is 96.6 Å². The Morgan fingerprint density at radius 1 is 1.02 bits per heavy atom. The third-order valence-electron chi connectivity index (χ3n) is 9.42. The predicted molar refractivity (Wildman–Crippen MR) is 190 cm³/mol. The number of carbonyl (C=O) groups is 1. The molecule has 0 bridgehead atoms. The fourth-order valence-corrected chi connectivity index (χ4v) is 6.83. The van der Waals surface area contributed by atoms with Crippen molar-refractivity contribution < 1.29 is 9.37 Å². The molecule has 0 radical (unpaired) electrons. The molecule has 0 spiro atoms. The van der Waals surface area contributed by atoms with Crippen molar-refractivity contribution in [3.63, 3.8) is 0 Å². The summed E-state index contributed by atoms with van der Waals surface area (Å²) >= 11 is 0. The second-order valence-corrected chi connectivity index (χ2v) is 12.8. The maximum Gasteiger partial charge on any atom is 0.441 e. The number of fused-ring (bicyclic) bond motifs is 1. The number of anilines is 2. The molecule has 2 atom stereocenters. The van der Waals surface area contributed by atoms with E-state index in [1.165, 1.54) is 0 Å². The number of imidazole rings is 1. The lowest BCUT2D eigenvalue weighted by Gasteiger charge is -2.29. The second-order valence-electron chi connectivity index (χ2n) is 12.8. The van der Waals surface area contributed by atoms with Gasteiger partial charge >= 0.3 is 6.03 Å². The number of benzene rings is 1. The van der Waals surface area contributed by atoms with E-state index in [0.29, 0.717) is 48.7 Å². The van der Waals surface area contributed by atoms with Crippen LogP contribution in [0.3, 0.4) is 0 Å². The van der Waals surface area contributed by atoms with Crippen LogP contribution in [-0.4, -0.2) is 63.7 Å². The third-order valence-corrected chi connectivity index (χ3v) is 9.42. The first-order valence-electron chi connectivity index (χ1n) is 17.2. The van der Waals surface area contributed by atoms with E-state index in [0.717, 1.165) is 66.9 Å². The van der Waals surface area contributed by atoms with Gasteiger partial charge in [-0.25, -0.2) is 14.8 Å². The molecular formula is C37H41N12O+. The molecule has 0 saturated heterocycles. The minimum Gasteiger partial charge on any atom is -0.354 e. The van der Waals surface area contributed by atoms with Gasteiger partial charge in [-0.15, -0.1) is 4.98 Å². The molecule has 1 aliphatic carbocycles. The van der Waals surface area contributed by atoms with Crippen LogP contribution in [0.25, 0.3) is 11.1 Å². The number of aryl methyl sites for hydroxylation is 1. The second kappa shape index (κ2) is 14.7. The smallest absolute Gasteiger partial charge is 0.354 e. The molecule has 5 aromatic rings. The largest absolute Gasteiger partial charge is 0.441 e. The third kappa shape index (κ3) is 7.10. The highest BCUT2D eigenvalue weighted by atomic mass is 16.2. The number of amides is 2. The van der Waals surface area contributed by atoms with Gasteiger partial charge in [0.25, 0.3) is 5.82 Å². The summed E-state index contributed by atoms with van der Waals surface area (Å²) in [7, 11) is 1.89. The van der Waals surface area contributed by atoms with Crippen LogP contribution >= 0.6 is 0 Å². The lowest BCUT2D eigenvalue weighted by atomic mass is 10.1. The van der Waals surface area contributed by atoms with Gasteiger partial charge in [-0.1, -0.05) is 43.7 Å². The lowest BCUT2D eigenvalue weighted by Crippen LogP contribution is -2.34. The number of carbonyl (C=O) groups excluding carboxylic acids is 1. The molecule has 1 aliphatic heterocycles. The van der Waals surface area contributed by atoms with Gasteiger partial charge in [-0.2, -0.15) is 19.9 Å². The Bertz CT molecular complexity index is 2030. The maximum absolute atomic E-state index is 13.9. The number of aromatic nitrogens is 7. The average molecular weight is 670 g/mol. The van der Waals surface area contributed by atoms with Crippen LogP contribution in [0, 0.1) is 23.2 Å². The van der Waals surface area contributed by atoms with Gasteiger partial charge in [0.1, 0.15) is 17.8 Å². The summed E-state index contributed by atoms with van der Waals surface area (Å²) in [4.78, 5) is 34.2. The minimum absolute atomic E-state index is 0.175. The number of hydrogen-bond acceptors (Lipinski definition) is 9. The molecule has 13 nitrogen and oxygen atoms in total. The molecule has 2 unspecified atom stereocenters. The molecule has 254 valence electrons. The van der Waals surface area contributed by atoms with Gasteiger partial charge in [0.05, 0.1) is 43.2 Å². The van der Waals surface area contributed by atoms with E-state index in [-0.39, 0.29) is 11.9 Å². The number of nitriles is 1. The summed E-state index contributed by atoms with van der Waals surface area (Å²) in [5.41, 5.74) is 5.61. The van der Waals surface area contributed by atoms with E-state index >= 15 is 0 Å². The molecule has 1 fully saturated rings. The molecular weight excluding hydrogens is 628 g/mol. The normalized spacial score (nSPS) is 17.5. The fraction of sp³-hybridized carbons (Fsp3) is 0.351. The molecule has 50 heavy (non-hydrogen) atoms. The number of hydrogen-bond donors (Lipinski definition) is 2. The molecule has 2 N–H and O–H groups in total. The monoisotopic (exact) mass is 669 g/mol. The van der Waals surface area contributed by atoms with Crippen molar-refractivity contribution in [1.82, 2.24) is 39.6 Å². The van der Waals surface area contributed by atoms with Crippen LogP contribution < -0.4 is 15.5 Å². The zero-order valence-corrected chi connectivity index (χ0v) is 28.4. The molecule has 2 aliphatic rings. The number of rotatable bonds is 12. The standard InChI is InChI=1S/C37H40N12O/c1-3-8-31-32(11-7-14-40-36-42-20-28(17-38)35(45-36)47-15-16-48-25-39-22-30(48)24-47)34(31)49(37(50)43-18-26-9-5-4-6-10-26)33-13-12-27(19-41-33)29-21-44-46(2)23-29/h4-6,9-10,12-13,19-23,25,31-32H,3,7-8,11,14-16,18,24H2,1-2H3,(H-,40,42,43,45,50)/p+1/b49-34-. The summed E-state index contributed by atoms with van der Waals surface area (Å²) in [6.07, 6.45) is 14.7. The van der Waals surface area contributed by atoms with E-state index in [2.05, 4.69) is 48.2 Å². The quantitative estimate of drug-likeness (QED) is 0.134. The van der Waals surface area contributed by atoms with Crippen LogP contribution in [0.1, 0.15) is 49.4 Å². The molecule has 4 aromatic heterocycles. The van der Waals surface area contributed by atoms with Gasteiger partial charge in [0.2, 0.25) is 5.95 Å². The zero-order chi connectivity index (χ0) is 34.5. The molecule has 1 saturated carbocycles. The van der Waals surface area contributed by atoms with E-state index < -0.39 is 0 Å². The summed E-state index contributed by atoms with van der Waals surface area (Å²) in [5, 5.41) is 20.6. The van der Waals surface area contributed by atoms with Gasteiger partial charge in [-0.3, -0.25) is 10.00 Å². The fourth-order valence-electron chi connectivity index (χ4n) is 6.83. The highest BCUT2D eigenvalue weighted by Crippen LogP contribution is 2.43. The molecule has 5 heterocycles. The number of nitrogens with zero attached hydrogens (tertiary/aromatic N) is 10. The molecule has 1 aromatic carbocycles. The van der Waals surface area contributed by atoms with Crippen molar-refractivity contribution in [1.29, 1.82) is 5.26 Å². The van der Waals surface area contributed by atoms with Gasteiger partial charge in [0.15, 0.2) is 5.82 Å². The molecule has 13 heteroatoms. The topological polar surface area (TPSA) is 145 Å². The van der Waals surface area contributed by atoms with Crippen molar-refractivity contribution in [2.24, 2.45) is 18.9 Å². The summed E-state index contributed by atoms with van der Waals surface area (Å²) < 4.78 is 5.69. The lowest BCUT2D eigenvalue weighted by molar-refractivity contribution is -0.337. The van der Waals surface area contributed by atoms with Crippen molar-refractivity contribution >= 4 is 29.3 Å². The Morgan fingerprint density at radius 2 is 1.88 bits per heavy atom. The highest BCUT2D eigenvalue weighted by molar-refractivity contribution is 6.03. The van der Waals surface area contributed by atoms with E-state index in [9.17, 15) is 10.1 Å². The first kappa shape index (κ1) is 32.6. The Morgan fingerprint density at radius 3 is 2.64 bits per heavy atom. The van der Waals surface area contributed by atoms with Crippen LogP contribution in [-0.2, 0) is 26.7 Å². The first-order valence-corrected chi connectivity index (χ1v) is 17.2. The zero-order valence-electron chi connectivity index (χ0n) is 28.4. The van der Waals surface area contributed by atoms with Crippen LogP contribution in [0.5, 0.6) is 0 Å². The van der Waals surface area contributed by atoms with Gasteiger partial charge in [-0.05, 0) is 30.9 Å². The van der Waals surface area contributed by atoms with E-state index in [1.807, 2.05) is 80.6 Å². The summed E-state index contributed by atoms with van der Waals surface area (Å²) in [5.74, 6) is 2.31. The Kier molecular flexibility index (Phi) is 9.59. The van der Waals surface area contributed by atoms with Crippen LogP contribution in [0.4, 0.5) is 22.4 Å². The minimum atomic E-state index is -0.175. The van der Waals surface area contributed by atoms with Crippen LogP contribution in [0.15, 0.2) is 79.8 Å². The van der Waals surface area contributed by atoms with Crippen molar-refractivity contribution in [3.8, 4) is 17.2 Å². The molecule has 7 rings (SSSR count). The number of urea groups is 1. The summed E-state index contributed by atoms with van der Waals surface area (Å²) in [6, 6.07) is 15.9.